The largest absolute Gasteiger partial charge is 0.378 e. The van der Waals surface area contributed by atoms with Crippen molar-refractivity contribution in [2.45, 2.75) is 4.90 Å². The molecule has 0 spiro atoms. The number of ether oxygens (including phenoxy) is 1. The molecule has 2 aromatic heterocycles. The van der Waals surface area contributed by atoms with Gasteiger partial charge in [-0.3, -0.25) is 4.79 Å². The fourth-order valence-electron chi connectivity index (χ4n) is 4.77. The molecule has 10 heteroatoms. The summed E-state index contributed by atoms with van der Waals surface area (Å²) in [6.07, 6.45) is 1.60. The Labute approximate surface area is 208 Å². The monoisotopic (exact) mass is 503 g/mol. The normalized spacial score (nSPS) is 17.1. The molecule has 0 amide bonds. The highest BCUT2D eigenvalue weighted by Gasteiger charge is 2.30. The van der Waals surface area contributed by atoms with E-state index in [2.05, 4.69) is 15.2 Å². The minimum atomic E-state index is -3.36. The van der Waals surface area contributed by atoms with Crippen molar-refractivity contribution in [2.75, 3.05) is 53.7 Å². The minimum absolute atomic E-state index is 0.00906. The molecule has 0 unspecified atom stereocenters. The summed E-state index contributed by atoms with van der Waals surface area (Å²) in [6.45, 7) is 3.40. The number of nitrogens with one attached hydrogen (secondary N) is 2. The first-order valence-corrected chi connectivity index (χ1v) is 13.5. The molecule has 1 fully saturated rings. The number of para-hydroxylation sites is 1. The van der Waals surface area contributed by atoms with Crippen molar-refractivity contribution in [3.8, 4) is 0 Å². The number of fused-ring (bicyclic) bond motifs is 2. The van der Waals surface area contributed by atoms with Gasteiger partial charge in [0.25, 0.3) is 5.56 Å². The van der Waals surface area contributed by atoms with E-state index < -0.39 is 9.84 Å². The standard InChI is InChI=1S/C26H25N5O4S/c32-26-24-18(9-10-27-26)17-23(31-13-16-36(33,34)22-4-2-1-3-21(22)31)29-25(24)28-19-5-7-20(8-6-19)30-11-14-35-15-12-30/h1-10,17H,11-16H2,(H,27,32)(H,28,29). The number of H-pyrrole nitrogens is 1. The van der Waals surface area contributed by atoms with Gasteiger partial charge in [-0.05, 0) is 53.9 Å². The Kier molecular flexibility index (Phi) is 5.62. The van der Waals surface area contributed by atoms with Crippen LogP contribution in [0, 0.1) is 0 Å². The van der Waals surface area contributed by atoms with Crippen LogP contribution in [0.1, 0.15) is 0 Å². The summed E-state index contributed by atoms with van der Waals surface area (Å²) in [6, 6.07) is 18.6. The van der Waals surface area contributed by atoms with Gasteiger partial charge in [-0.1, -0.05) is 12.1 Å². The van der Waals surface area contributed by atoms with E-state index in [1.54, 1.807) is 24.4 Å². The first-order chi connectivity index (χ1) is 17.5. The summed E-state index contributed by atoms with van der Waals surface area (Å²) in [7, 11) is -3.36. The third-order valence-corrected chi connectivity index (χ3v) is 8.33. The van der Waals surface area contributed by atoms with E-state index in [1.165, 1.54) is 0 Å². The smallest absolute Gasteiger partial charge is 0.259 e. The van der Waals surface area contributed by atoms with Crippen LogP contribution >= 0.6 is 0 Å². The number of sulfone groups is 1. The maximum absolute atomic E-state index is 12.8. The van der Waals surface area contributed by atoms with Crippen molar-refractivity contribution in [3.63, 3.8) is 0 Å². The number of aromatic nitrogens is 2. The van der Waals surface area contributed by atoms with Crippen LogP contribution in [0.25, 0.3) is 10.8 Å². The van der Waals surface area contributed by atoms with Crippen LogP contribution in [0.4, 0.5) is 28.7 Å². The minimum Gasteiger partial charge on any atom is -0.378 e. The van der Waals surface area contributed by atoms with Crippen LogP contribution in [-0.2, 0) is 14.6 Å². The topological polar surface area (TPSA) is 108 Å². The van der Waals surface area contributed by atoms with Gasteiger partial charge in [0, 0.05) is 37.2 Å². The number of morpholine rings is 1. The highest BCUT2D eigenvalue weighted by Crippen LogP contribution is 2.37. The molecule has 2 N–H and O–H groups in total. The lowest BCUT2D eigenvalue weighted by Gasteiger charge is -2.30. The Morgan fingerprint density at radius 1 is 0.972 bits per heavy atom. The van der Waals surface area contributed by atoms with Gasteiger partial charge in [-0.15, -0.1) is 0 Å². The van der Waals surface area contributed by atoms with Gasteiger partial charge in [0.1, 0.15) is 11.6 Å². The van der Waals surface area contributed by atoms with Crippen molar-refractivity contribution >= 4 is 49.3 Å². The Bertz CT molecular complexity index is 1600. The van der Waals surface area contributed by atoms with E-state index in [9.17, 15) is 13.2 Å². The molecule has 2 aliphatic rings. The highest BCUT2D eigenvalue weighted by molar-refractivity contribution is 7.91. The second kappa shape index (κ2) is 8.96. The second-order valence-corrected chi connectivity index (χ2v) is 10.9. The number of nitrogens with zero attached hydrogens (tertiary/aromatic N) is 3. The molecule has 9 nitrogen and oxygen atoms in total. The van der Waals surface area contributed by atoms with E-state index in [0.717, 1.165) is 24.5 Å². The van der Waals surface area contributed by atoms with Crippen LogP contribution in [0.5, 0.6) is 0 Å². The fraction of sp³-hybridized carbons (Fsp3) is 0.231. The molecule has 0 bridgehead atoms. The maximum Gasteiger partial charge on any atom is 0.259 e. The summed E-state index contributed by atoms with van der Waals surface area (Å²) in [5, 5.41) is 4.47. The third-order valence-electron chi connectivity index (χ3n) is 6.60. The zero-order chi connectivity index (χ0) is 24.7. The average molecular weight is 504 g/mol. The molecule has 2 aromatic carbocycles. The number of aromatic amines is 1. The predicted molar refractivity (Wildman–Crippen MR) is 141 cm³/mol. The zero-order valence-electron chi connectivity index (χ0n) is 19.5. The third kappa shape index (κ3) is 4.08. The maximum atomic E-state index is 12.8. The number of anilines is 5. The lowest BCUT2D eigenvalue weighted by molar-refractivity contribution is 0.122. The molecule has 0 atom stereocenters. The Hall–Kier alpha value is -3.89. The van der Waals surface area contributed by atoms with Gasteiger partial charge in [-0.25, -0.2) is 13.4 Å². The van der Waals surface area contributed by atoms with E-state index >= 15 is 0 Å². The van der Waals surface area contributed by atoms with E-state index in [4.69, 9.17) is 9.72 Å². The molecule has 4 heterocycles. The van der Waals surface area contributed by atoms with Gasteiger partial charge in [0.05, 0.1) is 34.9 Å². The lowest BCUT2D eigenvalue weighted by atomic mass is 10.1. The quantitative estimate of drug-likeness (QED) is 0.436. The first-order valence-electron chi connectivity index (χ1n) is 11.8. The number of hydrogen-bond acceptors (Lipinski definition) is 8. The van der Waals surface area contributed by atoms with Crippen LogP contribution < -0.4 is 20.7 Å². The van der Waals surface area contributed by atoms with Crippen LogP contribution in [-0.4, -0.2) is 57.0 Å². The molecule has 0 saturated carbocycles. The van der Waals surface area contributed by atoms with Crippen LogP contribution in [0.2, 0.25) is 0 Å². The van der Waals surface area contributed by atoms with Gasteiger partial charge in [-0.2, -0.15) is 0 Å². The summed E-state index contributed by atoms with van der Waals surface area (Å²) >= 11 is 0. The van der Waals surface area contributed by atoms with E-state index in [1.807, 2.05) is 47.4 Å². The lowest BCUT2D eigenvalue weighted by Crippen LogP contribution is -2.36. The van der Waals surface area contributed by atoms with Crippen molar-refractivity contribution < 1.29 is 13.2 Å². The number of hydrogen-bond donors (Lipinski definition) is 2. The Morgan fingerprint density at radius 2 is 1.75 bits per heavy atom. The van der Waals surface area contributed by atoms with Crippen molar-refractivity contribution in [1.82, 2.24) is 9.97 Å². The van der Waals surface area contributed by atoms with Crippen LogP contribution in [0.3, 0.4) is 0 Å². The Balaban J connectivity index is 1.40. The van der Waals surface area contributed by atoms with Gasteiger partial charge < -0.3 is 24.8 Å². The number of benzene rings is 2. The van der Waals surface area contributed by atoms with Gasteiger partial charge >= 0.3 is 0 Å². The average Bonchev–Trinajstić information content (AvgIpc) is 2.90. The van der Waals surface area contributed by atoms with E-state index in [0.29, 0.717) is 41.3 Å². The zero-order valence-corrected chi connectivity index (χ0v) is 20.3. The summed E-state index contributed by atoms with van der Waals surface area (Å²) < 4.78 is 30.7. The van der Waals surface area contributed by atoms with E-state index in [-0.39, 0.29) is 22.8 Å². The number of rotatable bonds is 4. The molecule has 36 heavy (non-hydrogen) atoms. The molecular weight excluding hydrogens is 478 g/mol. The molecule has 2 aliphatic heterocycles. The second-order valence-electron chi connectivity index (χ2n) is 8.81. The molecule has 184 valence electrons. The molecule has 1 saturated heterocycles. The molecule has 0 aliphatic carbocycles. The van der Waals surface area contributed by atoms with Gasteiger partial charge in [0.15, 0.2) is 9.84 Å². The predicted octanol–water partition coefficient (Wildman–Crippen LogP) is 3.43. The summed E-state index contributed by atoms with van der Waals surface area (Å²) in [5.41, 5.74) is 2.24. The first kappa shape index (κ1) is 22.6. The molecular formula is C26H25N5O4S. The van der Waals surface area contributed by atoms with Crippen molar-refractivity contribution in [1.29, 1.82) is 0 Å². The number of pyridine rings is 2. The SMILES string of the molecule is O=c1[nH]ccc2cc(N3CCS(=O)(=O)c4ccccc43)nc(Nc3ccc(N4CCOCC4)cc3)c12. The fourth-order valence-corrected chi connectivity index (χ4v) is 6.19. The molecule has 0 radical (unpaired) electrons. The molecule has 6 rings (SSSR count). The summed E-state index contributed by atoms with van der Waals surface area (Å²) in [4.78, 5) is 24.8. The summed E-state index contributed by atoms with van der Waals surface area (Å²) in [5.74, 6) is 0.975. The van der Waals surface area contributed by atoms with Crippen LogP contribution in [0.15, 0.2) is 76.6 Å². The molecule has 4 aromatic rings. The Morgan fingerprint density at radius 3 is 2.56 bits per heavy atom. The van der Waals surface area contributed by atoms with Crippen molar-refractivity contribution in [2.24, 2.45) is 0 Å². The van der Waals surface area contributed by atoms with Crippen molar-refractivity contribution in [3.05, 3.63) is 77.2 Å². The van der Waals surface area contributed by atoms with Gasteiger partial charge in [0.2, 0.25) is 0 Å². The highest BCUT2D eigenvalue weighted by atomic mass is 32.2.